The van der Waals surface area contributed by atoms with Crippen molar-refractivity contribution in [3.63, 3.8) is 0 Å². The maximum absolute atomic E-state index is 12.2. The molecule has 28 heavy (non-hydrogen) atoms. The van der Waals surface area contributed by atoms with E-state index in [0.717, 1.165) is 5.56 Å². The molecule has 0 radical (unpaired) electrons. The number of benzene rings is 2. The highest BCUT2D eigenvalue weighted by Crippen LogP contribution is 2.18. The zero-order valence-electron chi connectivity index (χ0n) is 15.9. The molecule has 0 unspecified atom stereocenters. The lowest BCUT2D eigenvalue weighted by atomic mass is 10.0. The number of esters is 2. The molecule has 0 spiro atoms. The molecule has 0 aromatic heterocycles. The number of hydrogen-bond acceptors (Lipinski definition) is 6. The number of aryl methyl sites for hydroxylation is 1. The van der Waals surface area contributed by atoms with Gasteiger partial charge in [-0.25, -0.2) is 9.59 Å². The normalized spacial score (nSPS) is 10.1. The largest absolute Gasteiger partial charge is 0.465 e. The van der Waals surface area contributed by atoms with Crippen LogP contribution in [-0.4, -0.2) is 37.8 Å². The van der Waals surface area contributed by atoms with Crippen LogP contribution in [-0.2, 0) is 14.3 Å². The van der Waals surface area contributed by atoms with E-state index in [2.05, 4.69) is 14.8 Å². The van der Waals surface area contributed by atoms with Gasteiger partial charge in [0, 0.05) is 24.1 Å². The Labute approximate surface area is 162 Å². The topological polar surface area (TPSA) is 98.8 Å². The van der Waals surface area contributed by atoms with E-state index in [9.17, 15) is 19.2 Å². The number of carbonyl (C=O) groups excluding carboxylic acids is 4. The second-order valence-corrected chi connectivity index (χ2v) is 6.12. The lowest BCUT2D eigenvalue weighted by Crippen LogP contribution is -2.15. The lowest BCUT2D eigenvalue weighted by Gasteiger charge is -2.09. The number of nitrogens with one attached hydrogen (secondary N) is 1. The van der Waals surface area contributed by atoms with E-state index in [4.69, 9.17) is 0 Å². The smallest absolute Gasteiger partial charge is 0.337 e. The van der Waals surface area contributed by atoms with Crippen LogP contribution in [0.15, 0.2) is 42.5 Å². The molecule has 0 aliphatic carbocycles. The van der Waals surface area contributed by atoms with E-state index < -0.39 is 17.8 Å². The van der Waals surface area contributed by atoms with Crippen molar-refractivity contribution in [2.75, 3.05) is 19.5 Å². The summed E-state index contributed by atoms with van der Waals surface area (Å²) in [6, 6.07) is 11.2. The Morgan fingerprint density at radius 2 is 1.32 bits per heavy atom. The molecular formula is C21H21NO6. The van der Waals surface area contributed by atoms with E-state index in [1.54, 1.807) is 12.1 Å². The molecule has 7 nitrogen and oxygen atoms in total. The molecule has 0 saturated carbocycles. The Balaban J connectivity index is 2.07. The van der Waals surface area contributed by atoms with Gasteiger partial charge >= 0.3 is 11.9 Å². The maximum Gasteiger partial charge on any atom is 0.337 e. The number of carbonyl (C=O) groups is 4. The van der Waals surface area contributed by atoms with Gasteiger partial charge < -0.3 is 14.8 Å². The Kier molecular flexibility index (Phi) is 7.03. The zero-order valence-corrected chi connectivity index (χ0v) is 15.9. The fourth-order valence-electron chi connectivity index (χ4n) is 2.51. The summed E-state index contributed by atoms with van der Waals surface area (Å²) in [5.41, 5.74) is 2.00. The van der Waals surface area contributed by atoms with E-state index in [-0.39, 0.29) is 35.4 Å². The number of amides is 1. The summed E-state index contributed by atoms with van der Waals surface area (Å²) in [7, 11) is 2.42. The quantitative estimate of drug-likeness (QED) is 0.582. The number of anilines is 1. The van der Waals surface area contributed by atoms with Gasteiger partial charge in [-0.1, -0.05) is 29.8 Å². The summed E-state index contributed by atoms with van der Waals surface area (Å²) in [5.74, 6) is -1.88. The van der Waals surface area contributed by atoms with Crippen LogP contribution in [0.2, 0.25) is 0 Å². The summed E-state index contributed by atoms with van der Waals surface area (Å²) in [6.45, 7) is 1.92. The molecule has 2 aromatic rings. The van der Waals surface area contributed by atoms with Gasteiger partial charge in [0.2, 0.25) is 5.91 Å². The van der Waals surface area contributed by atoms with Crippen molar-refractivity contribution in [1.82, 2.24) is 0 Å². The minimum Gasteiger partial charge on any atom is -0.465 e. The van der Waals surface area contributed by atoms with Crippen LogP contribution >= 0.6 is 0 Å². The minimum atomic E-state index is -0.657. The first-order valence-corrected chi connectivity index (χ1v) is 8.55. The first-order chi connectivity index (χ1) is 13.3. The predicted molar refractivity (Wildman–Crippen MR) is 102 cm³/mol. The third kappa shape index (κ3) is 5.51. The van der Waals surface area contributed by atoms with Gasteiger partial charge in [-0.3, -0.25) is 9.59 Å². The van der Waals surface area contributed by atoms with E-state index in [1.807, 2.05) is 19.1 Å². The molecule has 2 rings (SSSR count). The number of Topliss-reactive ketones (excluding diaryl/α,β-unsaturated/α-hetero) is 1. The van der Waals surface area contributed by atoms with Crippen molar-refractivity contribution < 1.29 is 28.7 Å². The number of ether oxygens (including phenoxy) is 2. The second kappa shape index (κ2) is 9.45. The SMILES string of the molecule is COC(=O)c1cc(NC(=O)CCC(=O)c2ccc(C)cc2)cc(C(=O)OC)c1. The van der Waals surface area contributed by atoms with Crippen molar-refractivity contribution in [2.24, 2.45) is 0 Å². The monoisotopic (exact) mass is 383 g/mol. The molecular weight excluding hydrogens is 362 g/mol. The Morgan fingerprint density at radius 3 is 1.82 bits per heavy atom. The van der Waals surface area contributed by atoms with Crippen LogP contribution in [0.5, 0.6) is 0 Å². The maximum atomic E-state index is 12.2. The molecule has 1 N–H and O–H groups in total. The molecule has 1 amide bonds. The van der Waals surface area contributed by atoms with Crippen molar-refractivity contribution >= 4 is 29.3 Å². The highest BCUT2D eigenvalue weighted by Gasteiger charge is 2.15. The molecule has 0 heterocycles. The summed E-state index contributed by atoms with van der Waals surface area (Å²) < 4.78 is 9.31. The van der Waals surface area contributed by atoms with E-state index >= 15 is 0 Å². The van der Waals surface area contributed by atoms with E-state index in [1.165, 1.54) is 32.4 Å². The fourth-order valence-corrected chi connectivity index (χ4v) is 2.51. The van der Waals surface area contributed by atoms with Crippen LogP contribution in [0.1, 0.15) is 49.5 Å². The average Bonchev–Trinajstić information content (AvgIpc) is 2.70. The van der Waals surface area contributed by atoms with Crippen molar-refractivity contribution in [2.45, 2.75) is 19.8 Å². The Morgan fingerprint density at radius 1 is 0.786 bits per heavy atom. The second-order valence-electron chi connectivity index (χ2n) is 6.12. The highest BCUT2D eigenvalue weighted by molar-refractivity contribution is 6.02. The first kappa shape index (κ1) is 20.8. The van der Waals surface area contributed by atoms with Crippen LogP contribution < -0.4 is 5.32 Å². The third-order valence-corrected chi connectivity index (χ3v) is 4.01. The molecule has 0 aliphatic rings. The van der Waals surface area contributed by atoms with Gasteiger partial charge in [-0.15, -0.1) is 0 Å². The molecule has 0 aliphatic heterocycles. The van der Waals surface area contributed by atoms with Crippen LogP contribution in [0.25, 0.3) is 0 Å². The average molecular weight is 383 g/mol. The van der Waals surface area contributed by atoms with Crippen molar-refractivity contribution in [3.8, 4) is 0 Å². The minimum absolute atomic E-state index is 0.0371. The van der Waals surface area contributed by atoms with Crippen LogP contribution in [0.4, 0.5) is 5.69 Å². The van der Waals surface area contributed by atoms with Gasteiger partial charge in [-0.2, -0.15) is 0 Å². The van der Waals surface area contributed by atoms with Crippen molar-refractivity contribution in [3.05, 3.63) is 64.7 Å². The van der Waals surface area contributed by atoms with Crippen LogP contribution in [0, 0.1) is 6.92 Å². The van der Waals surface area contributed by atoms with Gasteiger partial charge in [-0.05, 0) is 25.1 Å². The van der Waals surface area contributed by atoms with Gasteiger partial charge in [0.15, 0.2) is 5.78 Å². The van der Waals surface area contributed by atoms with Crippen molar-refractivity contribution in [1.29, 1.82) is 0 Å². The Bertz CT molecular complexity index is 867. The molecule has 0 atom stereocenters. The summed E-state index contributed by atoms with van der Waals surface area (Å²) >= 11 is 0. The lowest BCUT2D eigenvalue weighted by molar-refractivity contribution is -0.116. The Hall–Kier alpha value is -3.48. The van der Waals surface area contributed by atoms with Gasteiger partial charge in [0.25, 0.3) is 0 Å². The summed E-state index contributed by atoms with van der Waals surface area (Å²) in [5, 5.41) is 2.59. The molecule has 0 fully saturated rings. The van der Waals surface area contributed by atoms with Crippen LogP contribution in [0.3, 0.4) is 0 Å². The number of methoxy groups -OCH3 is 2. The summed E-state index contributed by atoms with van der Waals surface area (Å²) in [6.07, 6.45) is -0.00182. The molecule has 7 heteroatoms. The molecule has 0 saturated heterocycles. The first-order valence-electron chi connectivity index (χ1n) is 8.55. The summed E-state index contributed by atoms with van der Waals surface area (Å²) in [4.78, 5) is 47.9. The zero-order chi connectivity index (χ0) is 20.7. The molecule has 0 bridgehead atoms. The number of ketones is 1. The van der Waals surface area contributed by atoms with Gasteiger partial charge in [0.05, 0.1) is 25.3 Å². The van der Waals surface area contributed by atoms with Gasteiger partial charge in [0.1, 0.15) is 0 Å². The van der Waals surface area contributed by atoms with E-state index in [0.29, 0.717) is 5.56 Å². The standard InChI is InChI=1S/C21H21NO6/c1-13-4-6-14(7-5-13)18(23)8-9-19(24)22-17-11-15(20(25)27-2)10-16(12-17)21(26)28-3/h4-7,10-12H,8-9H2,1-3H3,(H,22,24). The third-order valence-electron chi connectivity index (χ3n) is 4.01. The highest BCUT2D eigenvalue weighted by atomic mass is 16.5. The number of hydrogen-bond donors (Lipinski definition) is 1. The fraction of sp³-hybridized carbons (Fsp3) is 0.238. The molecule has 146 valence electrons. The molecule has 2 aromatic carbocycles. The predicted octanol–water partition coefficient (Wildman–Crippen LogP) is 3.17. The number of rotatable bonds is 7.